The second kappa shape index (κ2) is 4.90. The third kappa shape index (κ3) is 2.25. The van der Waals surface area contributed by atoms with E-state index in [0.29, 0.717) is 0 Å². The molecule has 1 heterocycles. The van der Waals surface area contributed by atoms with Gasteiger partial charge in [-0.3, -0.25) is 4.79 Å². The van der Waals surface area contributed by atoms with E-state index in [4.69, 9.17) is 11.6 Å². The van der Waals surface area contributed by atoms with Crippen molar-refractivity contribution in [3.8, 4) is 11.8 Å². The maximum Gasteiger partial charge on any atom is 0.412 e. The number of anilines is 1. The van der Waals surface area contributed by atoms with Gasteiger partial charge in [-0.25, -0.2) is 0 Å². The van der Waals surface area contributed by atoms with Crippen molar-refractivity contribution in [1.29, 1.82) is 0 Å². The average Bonchev–Trinajstić information content (AvgIpc) is 3.23. The molecule has 2 N–H and O–H groups in total. The Labute approximate surface area is 129 Å². The number of halogens is 4. The van der Waals surface area contributed by atoms with E-state index in [1.807, 2.05) is 0 Å². The van der Waals surface area contributed by atoms with Gasteiger partial charge >= 0.3 is 6.18 Å². The predicted molar refractivity (Wildman–Crippen MR) is 74.3 cm³/mol. The molecule has 1 aliphatic heterocycles. The normalized spacial score (nSPS) is 27.5. The Morgan fingerprint density at radius 2 is 2.05 bits per heavy atom. The van der Waals surface area contributed by atoms with E-state index in [-0.39, 0.29) is 22.2 Å². The Bertz CT molecular complexity index is 703. The third-order valence-electron chi connectivity index (χ3n) is 3.82. The summed E-state index contributed by atoms with van der Waals surface area (Å²) in [6.45, 7) is 0. The van der Waals surface area contributed by atoms with Gasteiger partial charge < -0.3 is 10.4 Å². The molecule has 0 spiro atoms. The fourth-order valence-corrected chi connectivity index (χ4v) is 2.63. The Kier molecular flexibility index (Phi) is 3.38. The maximum absolute atomic E-state index is 13.8. The molecule has 1 fully saturated rings. The van der Waals surface area contributed by atoms with Gasteiger partial charge in [-0.05, 0) is 31.0 Å². The summed E-state index contributed by atoms with van der Waals surface area (Å²) in [6, 6.07) is 3.74. The summed E-state index contributed by atoms with van der Waals surface area (Å²) in [5.74, 6) is 3.45. The van der Waals surface area contributed by atoms with Crippen LogP contribution in [-0.2, 0) is 10.2 Å². The summed E-state index contributed by atoms with van der Waals surface area (Å²) < 4.78 is 41.4. The monoisotopic (exact) mass is 329 g/mol. The molecule has 2 atom stereocenters. The van der Waals surface area contributed by atoms with E-state index < -0.39 is 23.6 Å². The lowest BCUT2D eigenvalue weighted by Crippen LogP contribution is -2.58. The zero-order valence-corrected chi connectivity index (χ0v) is 11.9. The topological polar surface area (TPSA) is 49.3 Å². The van der Waals surface area contributed by atoms with Gasteiger partial charge in [-0.1, -0.05) is 23.4 Å². The van der Waals surface area contributed by atoms with Crippen LogP contribution in [0.1, 0.15) is 18.4 Å². The van der Waals surface area contributed by atoms with Crippen molar-refractivity contribution in [2.45, 2.75) is 30.5 Å². The first kappa shape index (κ1) is 15.2. The largest absolute Gasteiger partial charge is 0.412 e. The Balaban J connectivity index is 2.28. The summed E-state index contributed by atoms with van der Waals surface area (Å²) in [7, 11) is 0. The molecule has 3 rings (SSSR count). The van der Waals surface area contributed by atoms with Crippen LogP contribution in [0, 0.1) is 17.8 Å². The zero-order valence-electron chi connectivity index (χ0n) is 11.2. The summed E-state index contributed by atoms with van der Waals surface area (Å²) in [6.07, 6.45) is -5.81. The van der Waals surface area contributed by atoms with Crippen LogP contribution in [0.15, 0.2) is 18.2 Å². The van der Waals surface area contributed by atoms with Crippen LogP contribution in [0.5, 0.6) is 0 Å². The number of amides is 1. The quantitative estimate of drug-likeness (QED) is 0.719. The third-order valence-corrected chi connectivity index (χ3v) is 4.06. The van der Waals surface area contributed by atoms with Crippen molar-refractivity contribution in [3.63, 3.8) is 0 Å². The summed E-state index contributed by atoms with van der Waals surface area (Å²) in [5, 5.41) is 12.3. The number of hydrogen-bond acceptors (Lipinski definition) is 2. The Morgan fingerprint density at radius 3 is 2.64 bits per heavy atom. The van der Waals surface area contributed by atoms with Gasteiger partial charge in [0.05, 0.1) is 0 Å². The fraction of sp³-hybridized carbons (Fsp3) is 0.400. The van der Waals surface area contributed by atoms with Gasteiger partial charge in [0.15, 0.2) is 11.5 Å². The molecule has 0 unspecified atom stereocenters. The smallest absolute Gasteiger partial charge is 0.381 e. The number of hydrogen-bond donors (Lipinski definition) is 2. The molecule has 3 nitrogen and oxygen atoms in total. The predicted octanol–water partition coefficient (Wildman–Crippen LogP) is 2.87. The summed E-state index contributed by atoms with van der Waals surface area (Å²) in [4.78, 5) is 11.8. The maximum atomic E-state index is 13.8. The van der Waals surface area contributed by atoms with Gasteiger partial charge in [0, 0.05) is 22.2 Å². The Morgan fingerprint density at radius 1 is 1.36 bits per heavy atom. The van der Waals surface area contributed by atoms with E-state index in [9.17, 15) is 23.1 Å². The van der Waals surface area contributed by atoms with Gasteiger partial charge in [0.2, 0.25) is 0 Å². The van der Waals surface area contributed by atoms with E-state index >= 15 is 0 Å². The number of aliphatic hydroxyl groups excluding tert-OH is 1. The van der Waals surface area contributed by atoms with Crippen LogP contribution in [0.2, 0.25) is 5.02 Å². The lowest BCUT2D eigenvalue weighted by atomic mass is 9.72. The SMILES string of the molecule is O=C1Nc2ccc(Cl)cc2[C@](C#CC2CC2)(C(F)(F)F)[C@H]1O. The second-order valence-electron chi connectivity index (χ2n) is 5.43. The molecule has 1 aliphatic carbocycles. The average molecular weight is 330 g/mol. The second-order valence-corrected chi connectivity index (χ2v) is 5.87. The fourth-order valence-electron chi connectivity index (χ4n) is 2.45. The lowest BCUT2D eigenvalue weighted by molar-refractivity contribution is -0.200. The van der Waals surface area contributed by atoms with E-state index in [1.165, 1.54) is 12.1 Å². The first-order valence-corrected chi connectivity index (χ1v) is 7.02. The molecule has 1 aromatic rings. The number of rotatable bonds is 0. The first-order valence-electron chi connectivity index (χ1n) is 6.64. The number of fused-ring (bicyclic) bond motifs is 1. The molecule has 0 radical (unpaired) electrons. The van der Waals surface area contributed by atoms with Gasteiger partial charge in [0.25, 0.3) is 5.91 Å². The van der Waals surface area contributed by atoms with Crippen molar-refractivity contribution in [2.75, 3.05) is 5.32 Å². The molecule has 2 aliphatic rings. The van der Waals surface area contributed by atoms with Gasteiger partial charge in [-0.15, -0.1) is 0 Å². The van der Waals surface area contributed by atoms with Crippen LogP contribution in [0.3, 0.4) is 0 Å². The number of alkyl halides is 3. The number of carbonyl (C=O) groups is 1. The highest BCUT2D eigenvalue weighted by Crippen LogP contribution is 2.49. The molecule has 0 saturated heterocycles. The lowest BCUT2D eigenvalue weighted by Gasteiger charge is -2.39. The minimum Gasteiger partial charge on any atom is -0.381 e. The van der Waals surface area contributed by atoms with Crippen LogP contribution in [-0.4, -0.2) is 23.3 Å². The standard InChI is InChI=1S/C15H11ClF3NO2/c16-9-3-4-11-10(7-9)14(15(17,18)19,6-5-8-1-2-8)12(21)13(22)20-11/h3-4,7-8,12,21H,1-2H2,(H,20,22)/t12-,14-/m0/s1. The summed E-state index contributed by atoms with van der Waals surface area (Å²) >= 11 is 5.80. The van der Waals surface area contributed by atoms with Crippen molar-refractivity contribution in [1.82, 2.24) is 0 Å². The molecule has 0 aromatic heterocycles. The number of benzene rings is 1. The molecule has 1 saturated carbocycles. The van der Waals surface area contributed by atoms with Gasteiger partial charge in [0.1, 0.15) is 0 Å². The zero-order chi connectivity index (χ0) is 16.1. The van der Waals surface area contributed by atoms with E-state index in [2.05, 4.69) is 17.2 Å². The van der Waals surface area contributed by atoms with Crippen LogP contribution >= 0.6 is 11.6 Å². The molecular formula is C15H11ClF3NO2. The van der Waals surface area contributed by atoms with Crippen LogP contribution < -0.4 is 5.32 Å². The molecule has 0 bridgehead atoms. The van der Waals surface area contributed by atoms with Crippen molar-refractivity contribution in [3.05, 3.63) is 28.8 Å². The molecular weight excluding hydrogens is 319 g/mol. The van der Waals surface area contributed by atoms with Gasteiger partial charge in [-0.2, -0.15) is 13.2 Å². The number of aliphatic hydroxyl groups is 1. The minimum absolute atomic E-state index is 0.0397. The number of carbonyl (C=O) groups excluding carboxylic acids is 1. The molecule has 22 heavy (non-hydrogen) atoms. The van der Waals surface area contributed by atoms with Crippen molar-refractivity contribution >= 4 is 23.2 Å². The number of nitrogens with one attached hydrogen (secondary N) is 1. The minimum atomic E-state index is -4.93. The molecule has 7 heteroatoms. The van der Waals surface area contributed by atoms with Crippen molar-refractivity contribution < 1.29 is 23.1 Å². The summed E-state index contributed by atoms with van der Waals surface area (Å²) in [5.41, 5.74) is -3.33. The first-order chi connectivity index (χ1) is 10.3. The molecule has 1 amide bonds. The Hall–Kier alpha value is -1.71. The van der Waals surface area contributed by atoms with Crippen LogP contribution in [0.25, 0.3) is 0 Å². The van der Waals surface area contributed by atoms with Crippen LogP contribution in [0.4, 0.5) is 18.9 Å². The van der Waals surface area contributed by atoms with E-state index in [0.717, 1.165) is 18.9 Å². The highest BCUT2D eigenvalue weighted by atomic mass is 35.5. The molecule has 116 valence electrons. The van der Waals surface area contributed by atoms with E-state index in [1.54, 1.807) is 0 Å². The highest BCUT2D eigenvalue weighted by Gasteiger charge is 2.64. The highest BCUT2D eigenvalue weighted by molar-refractivity contribution is 6.30. The van der Waals surface area contributed by atoms with Crippen molar-refractivity contribution in [2.24, 2.45) is 5.92 Å². The molecule has 1 aromatic carbocycles.